The quantitative estimate of drug-likeness (QED) is 0.788. The van der Waals surface area contributed by atoms with E-state index in [9.17, 15) is 0 Å². The highest BCUT2D eigenvalue weighted by atomic mass is 35.5. The van der Waals surface area contributed by atoms with Crippen LogP contribution in [0.5, 0.6) is 0 Å². The average Bonchev–Trinajstić information content (AvgIpc) is 2.73. The minimum absolute atomic E-state index is 0.552. The molecule has 0 saturated heterocycles. The molecule has 0 spiro atoms. The largest absolute Gasteiger partial charge is 0.381 e. The van der Waals surface area contributed by atoms with Gasteiger partial charge in [-0.2, -0.15) is 0 Å². The second-order valence-electron chi connectivity index (χ2n) is 4.93. The lowest BCUT2D eigenvalue weighted by atomic mass is 10.0. The van der Waals surface area contributed by atoms with Crippen molar-refractivity contribution < 1.29 is 0 Å². The Morgan fingerprint density at radius 3 is 2.71 bits per heavy atom. The molecular formula is C14H19Cl2N. The molecular weight excluding hydrogens is 253 g/mol. The molecule has 0 aromatic heterocycles. The molecule has 1 aromatic carbocycles. The van der Waals surface area contributed by atoms with Crippen LogP contribution in [0.2, 0.25) is 10.0 Å². The van der Waals surface area contributed by atoms with Gasteiger partial charge in [-0.05, 0) is 43.4 Å². The summed E-state index contributed by atoms with van der Waals surface area (Å²) in [5, 5.41) is 5.11. The zero-order valence-electron chi connectivity index (χ0n) is 10.4. The van der Waals surface area contributed by atoms with Gasteiger partial charge >= 0.3 is 0 Å². The number of halogens is 2. The Hall–Kier alpha value is -0.400. The standard InChI is InChI=1S/C14H19Cl2N/c1-3-10-5-4-6-13(10)17-14-8-11(15)9(2)7-12(14)16/h7-8,10,13,17H,3-6H2,1-2H3. The summed E-state index contributed by atoms with van der Waals surface area (Å²) in [6.07, 6.45) is 5.11. The second-order valence-corrected chi connectivity index (χ2v) is 5.75. The molecule has 1 saturated carbocycles. The first-order valence-electron chi connectivity index (χ1n) is 6.34. The van der Waals surface area contributed by atoms with Gasteiger partial charge in [0.05, 0.1) is 10.7 Å². The predicted molar refractivity (Wildman–Crippen MR) is 76.2 cm³/mol. The van der Waals surface area contributed by atoms with Gasteiger partial charge in [0.15, 0.2) is 0 Å². The summed E-state index contributed by atoms with van der Waals surface area (Å²) in [6.45, 7) is 4.23. The van der Waals surface area contributed by atoms with E-state index in [0.29, 0.717) is 6.04 Å². The Bertz CT molecular complexity index is 403. The molecule has 94 valence electrons. The second kappa shape index (κ2) is 5.49. The van der Waals surface area contributed by atoms with E-state index in [4.69, 9.17) is 23.2 Å². The van der Waals surface area contributed by atoms with Crippen molar-refractivity contribution in [2.24, 2.45) is 5.92 Å². The maximum absolute atomic E-state index is 6.25. The fourth-order valence-corrected chi connectivity index (χ4v) is 3.11. The van der Waals surface area contributed by atoms with Gasteiger partial charge < -0.3 is 5.32 Å². The zero-order valence-corrected chi connectivity index (χ0v) is 11.9. The molecule has 1 fully saturated rings. The lowest BCUT2D eigenvalue weighted by molar-refractivity contribution is 0.489. The molecule has 1 aliphatic carbocycles. The van der Waals surface area contributed by atoms with Crippen LogP contribution < -0.4 is 5.32 Å². The van der Waals surface area contributed by atoms with Crippen LogP contribution in [0.1, 0.15) is 38.2 Å². The van der Waals surface area contributed by atoms with Crippen LogP contribution in [0, 0.1) is 12.8 Å². The predicted octanol–water partition coefficient (Wildman–Crippen LogP) is 5.29. The van der Waals surface area contributed by atoms with Crippen molar-refractivity contribution in [3.63, 3.8) is 0 Å². The Kier molecular flexibility index (Phi) is 4.22. The normalized spacial score (nSPS) is 24.0. The van der Waals surface area contributed by atoms with Gasteiger partial charge in [0.2, 0.25) is 0 Å². The third-order valence-corrected chi connectivity index (χ3v) is 4.49. The SMILES string of the molecule is CCC1CCCC1Nc1cc(Cl)c(C)cc1Cl. The molecule has 3 heteroatoms. The average molecular weight is 272 g/mol. The molecule has 0 heterocycles. The summed E-state index contributed by atoms with van der Waals surface area (Å²) in [5.74, 6) is 0.770. The summed E-state index contributed by atoms with van der Waals surface area (Å²) in [5.41, 5.74) is 2.01. The lowest BCUT2D eigenvalue weighted by Crippen LogP contribution is -2.23. The maximum atomic E-state index is 6.25. The fraction of sp³-hybridized carbons (Fsp3) is 0.571. The number of rotatable bonds is 3. The first-order chi connectivity index (χ1) is 8.11. The highest BCUT2D eigenvalue weighted by Gasteiger charge is 2.26. The van der Waals surface area contributed by atoms with Crippen molar-refractivity contribution in [2.45, 2.75) is 45.6 Å². The van der Waals surface area contributed by atoms with Crippen molar-refractivity contribution >= 4 is 28.9 Å². The van der Waals surface area contributed by atoms with E-state index in [2.05, 4.69) is 12.2 Å². The van der Waals surface area contributed by atoms with Crippen molar-refractivity contribution in [2.75, 3.05) is 5.32 Å². The third kappa shape index (κ3) is 2.89. The summed E-state index contributed by atoms with van der Waals surface area (Å²) in [7, 11) is 0. The van der Waals surface area contributed by atoms with Gasteiger partial charge in [-0.1, -0.05) is 43.0 Å². The van der Waals surface area contributed by atoms with Gasteiger partial charge in [-0.25, -0.2) is 0 Å². The molecule has 0 amide bonds. The van der Waals surface area contributed by atoms with E-state index in [1.165, 1.54) is 25.7 Å². The van der Waals surface area contributed by atoms with Crippen molar-refractivity contribution in [1.82, 2.24) is 0 Å². The number of aryl methyl sites for hydroxylation is 1. The van der Waals surface area contributed by atoms with Crippen molar-refractivity contribution in [1.29, 1.82) is 0 Å². The number of hydrogen-bond donors (Lipinski definition) is 1. The van der Waals surface area contributed by atoms with E-state index in [-0.39, 0.29) is 0 Å². The Morgan fingerprint density at radius 2 is 2.00 bits per heavy atom. The van der Waals surface area contributed by atoms with Crippen molar-refractivity contribution in [3.05, 3.63) is 27.7 Å². The Balaban J connectivity index is 2.15. The topological polar surface area (TPSA) is 12.0 Å². The number of benzene rings is 1. The van der Waals surface area contributed by atoms with Crippen LogP contribution in [0.3, 0.4) is 0 Å². The summed E-state index contributed by atoms with van der Waals surface area (Å²) in [4.78, 5) is 0. The van der Waals surface area contributed by atoms with Crippen molar-refractivity contribution in [3.8, 4) is 0 Å². The Morgan fingerprint density at radius 1 is 1.24 bits per heavy atom. The molecule has 0 radical (unpaired) electrons. The van der Waals surface area contributed by atoms with E-state index >= 15 is 0 Å². The van der Waals surface area contributed by atoms with Crippen LogP contribution in [0.15, 0.2) is 12.1 Å². The van der Waals surface area contributed by atoms with Gasteiger partial charge in [0.25, 0.3) is 0 Å². The van der Waals surface area contributed by atoms with Crippen LogP contribution >= 0.6 is 23.2 Å². The number of hydrogen-bond acceptors (Lipinski definition) is 1. The molecule has 1 nitrogen and oxygen atoms in total. The highest BCUT2D eigenvalue weighted by molar-refractivity contribution is 6.35. The monoisotopic (exact) mass is 271 g/mol. The molecule has 2 unspecified atom stereocenters. The summed E-state index contributed by atoms with van der Waals surface area (Å²) >= 11 is 12.4. The Labute approximate surface area is 114 Å². The van der Waals surface area contributed by atoms with Gasteiger partial charge in [0, 0.05) is 11.1 Å². The van der Waals surface area contributed by atoms with Crippen LogP contribution in [0.4, 0.5) is 5.69 Å². The minimum Gasteiger partial charge on any atom is -0.381 e. The van der Waals surface area contributed by atoms with E-state index in [1.54, 1.807) is 0 Å². The molecule has 2 atom stereocenters. The molecule has 0 bridgehead atoms. The third-order valence-electron chi connectivity index (χ3n) is 3.77. The summed E-state index contributed by atoms with van der Waals surface area (Å²) in [6, 6.07) is 4.43. The van der Waals surface area contributed by atoms with E-state index < -0.39 is 0 Å². The number of nitrogens with one attached hydrogen (secondary N) is 1. The summed E-state index contributed by atoms with van der Waals surface area (Å²) < 4.78 is 0. The maximum Gasteiger partial charge on any atom is 0.0641 e. The van der Waals surface area contributed by atoms with E-state index in [0.717, 1.165) is 27.2 Å². The van der Waals surface area contributed by atoms with Gasteiger partial charge in [0.1, 0.15) is 0 Å². The highest BCUT2D eigenvalue weighted by Crippen LogP contribution is 2.34. The molecule has 0 aliphatic heterocycles. The zero-order chi connectivity index (χ0) is 12.4. The molecule has 1 N–H and O–H groups in total. The van der Waals surface area contributed by atoms with Crippen LogP contribution in [-0.2, 0) is 0 Å². The van der Waals surface area contributed by atoms with E-state index in [1.807, 2.05) is 19.1 Å². The van der Waals surface area contributed by atoms with Crippen LogP contribution in [-0.4, -0.2) is 6.04 Å². The molecule has 1 aliphatic rings. The molecule has 2 rings (SSSR count). The first-order valence-corrected chi connectivity index (χ1v) is 7.09. The molecule has 1 aromatic rings. The van der Waals surface area contributed by atoms with Crippen LogP contribution in [0.25, 0.3) is 0 Å². The van der Waals surface area contributed by atoms with Gasteiger partial charge in [-0.3, -0.25) is 0 Å². The number of anilines is 1. The lowest BCUT2D eigenvalue weighted by Gasteiger charge is -2.22. The molecule has 17 heavy (non-hydrogen) atoms. The minimum atomic E-state index is 0.552. The smallest absolute Gasteiger partial charge is 0.0641 e. The fourth-order valence-electron chi connectivity index (χ4n) is 2.67. The first kappa shape index (κ1) is 13.0. The van der Waals surface area contributed by atoms with Gasteiger partial charge in [-0.15, -0.1) is 0 Å².